The van der Waals surface area contributed by atoms with Gasteiger partial charge < -0.3 is 25.0 Å². The molecule has 0 aromatic heterocycles. The Bertz CT molecular complexity index is 1080. The lowest BCUT2D eigenvalue weighted by atomic mass is 10.2. The normalized spacial score (nSPS) is 18.0. The second-order valence-electron chi connectivity index (χ2n) is 9.83. The van der Waals surface area contributed by atoms with Crippen LogP contribution in [-0.2, 0) is 4.74 Å². The summed E-state index contributed by atoms with van der Waals surface area (Å²) in [6.07, 6.45) is 1.85. The number of ether oxygens (including phenoxy) is 2. The first-order chi connectivity index (χ1) is 19.1. The molecule has 2 fully saturated rings. The van der Waals surface area contributed by atoms with Crippen LogP contribution in [0.5, 0.6) is 5.75 Å². The molecule has 3 amide bonds. The van der Waals surface area contributed by atoms with Gasteiger partial charge in [0.25, 0.3) is 0 Å². The van der Waals surface area contributed by atoms with Crippen LogP contribution in [0.2, 0.25) is 0 Å². The minimum Gasteiger partial charge on any atom is -0.492 e. The molecule has 0 radical (unpaired) electrons. The number of urea groups is 1. The van der Waals surface area contributed by atoms with E-state index >= 15 is 0 Å². The Morgan fingerprint density at radius 2 is 1.79 bits per heavy atom. The standard InChI is InChI=1S/C29H42N6O4/c1-3-34-14-8-11-25(34)22-30-28(36)31-23-9-7-10-24(21-23)35-17-15-33(16-18-35)19-20-39-29(37)32-26-12-5-6-13-27(26)38-4-2/h5-7,9-10,12-13,21,25H,3-4,8,11,14-20,22H2,1-2H3,(H,32,37)(H2,30,31,36). The molecule has 212 valence electrons. The van der Waals surface area contributed by atoms with Gasteiger partial charge in [0, 0.05) is 56.7 Å². The maximum absolute atomic E-state index is 12.5. The third-order valence-electron chi connectivity index (χ3n) is 7.31. The first-order valence-corrected chi connectivity index (χ1v) is 14.1. The number of hydrogen-bond donors (Lipinski definition) is 3. The van der Waals surface area contributed by atoms with Gasteiger partial charge in [-0.2, -0.15) is 0 Å². The van der Waals surface area contributed by atoms with Crippen molar-refractivity contribution in [1.29, 1.82) is 0 Å². The minimum atomic E-state index is -0.486. The number of piperazine rings is 1. The molecule has 0 bridgehead atoms. The molecule has 2 aliphatic rings. The SMILES string of the molecule is CCOc1ccccc1NC(=O)OCCN1CCN(c2cccc(NC(=O)NCC3CCCN3CC)c2)CC1. The van der Waals surface area contributed by atoms with Crippen LogP contribution in [0.1, 0.15) is 26.7 Å². The number of rotatable bonds is 11. The van der Waals surface area contributed by atoms with Gasteiger partial charge in [-0.15, -0.1) is 0 Å². The molecule has 1 atom stereocenters. The molecule has 2 saturated heterocycles. The highest BCUT2D eigenvalue weighted by Crippen LogP contribution is 2.24. The van der Waals surface area contributed by atoms with Gasteiger partial charge in [0.2, 0.25) is 0 Å². The maximum Gasteiger partial charge on any atom is 0.411 e. The predicted octanol–water partition coefficient (Wildman–Crippen LogP) is 4.06. The monoisotopic (exact) mass is 538 g/mol. The van der Waals surface area contributed by atoms with Gasteiger partial charge in [0.05, 0.1) is 12.3 Å². The fourth-order valence-corrected chi connectivity index (χ4v) is 5.20. The van der Waals surface area contributed by atoms with Crippen molar-refractivity contribution in [1.82, 2.24) is 15.1 Å². The summed E-state index contributed by atoms with van der Waals surface area (Å²) < 4.78 is 10.9. The van der Waals surface area contributed by atoms with Gasteiger partial charge in [-0.3, -0.25) is 15.1 Å². The summed E-state index contributed by atoms with van der Waals surface area (Å²) in [5.41, 5.74) is 2.48. The summed E-state index contributed by atoms with van der Waals surface area (Å²) in [6, 6.07) is 15.6. The average Bonchev–Trinajstić information content (AvgIpc) is 3.41. The number of likely N-dealkylation sites (tertiary alicyclic amines) is 1. The van der Waals surface area contributed by atoms with Crippen molar-refractivity contribution in [3.05, 3.63) is 48.5 Å². The zero-order chi connectivity index (χ0) is 27.5. The largest absolute Gasteiger partial charge is 0.492 e. The Labute approximate surface area is 231 Å². The lowest BCUT2D eigenvalue weighted by Crippen LogP contribution is -2.47. The van der Waals surface area contributed by atoms with E-state index in [1.165, 1.54) is 6.42 Å². The van der Waals surface area contributed by atoms with Crippen LogP contribution < -0.4 is 25.6 Å². The van der Waals surface area contributed by atoms with Crippen LogP contribution >= 0.6 is 0 Å². The Morgan fingerprint density at radius 1 is 0.974 bits per heavy atom. The van der Waals surface area contributed by atoms with Crippen LogP contribution in [-0.4, -0.2) is 93.5 Å². The number of para-hydroxylation sites is 2. The van der Waals surface area contributed by atoms with E-state index in [9.17, 15) is 9.59 Å². The Kier molecular flexibility index (Phi) is 10.7. The van der Waals surface area contributed by atoms with Crippen LogP contribution in [0.3, 0.4) is 0 Å². The molecule has 2 aromatic carbocycles. The molecule has 2 aliphatic heterocycles. The summed E-state index contributed by atoms with van der Waals surface area (Å²) in [5.74, 6) is 0.625. The fourth-order valence-electron chi connectivity index (χ4n) is 5.20. The fraction of sp³-hybridized carbons (Fsp3) is 0.517. The third-order valence-corrected chi connectivity index (χ3v) is 7.31. The smallest absolute Gasteiger partial charge is 0.411 e. The van der Waals surface area contributed by atoms with Crippen molar-refractivity contribution in [2.75, 3.05) is 81.1 Å². The third kappa shape index (κ3) is 8.49. The highest BCUT2D eigenvalue weighted by molar-refractivity contribution is 5.90. The van der Waals surface area contributed by atoms with Gasteiger partial charge in [-0.1, -0.05) is 25.1 Å². The molecule has 1 unspecified atom stereocenters. The molecular weight excluding hydrogens is 496 g/mol. The number of benzene rings is 2. The van der Waals surface area contributed by atoms with Crippen LogP contribution in [0, 0.1) is 0 Å². The van der Waals surface area contributed by atoms with Crippen LogP contribution in [0.25, 0.3) is 0 Å². The maximum atomic E-state index is 12.5. The number of nitrogens with zero attached hydrogens (tertiary/aromatic N) is 3. The number of anilines is 3. The average molecular weight is 539 g/mol. The summed E-state index contributed by atoms with van der Waals surface area (Å²) in [4.78, 5) is 31.7. The van der Waals surface area contributed by atoms with Crippen molar-refractivity contribution in [3.63, 3.8) is 0 Å². The number of carbonyl (C=O) groups is 2. The highest BCUT2D eigenvalue weighted by atomic mass is 16.5. The number of nitrogens with one attached hydrogen (secondary N) is 3. The summed E-state index contributed by atoms with van der Waals surface area (Å²) >= 11 is 0. The highest BCUT2D eigenvalue weighted by Gasteiger charge is 2.23. The minimum absolute atomic E-state index is 0.162. The molecule has 2 heterocycles. The van der Waals surface area contributed by atoms with E-state index in [-0.39, 0.29) is 6.03 Å². The van der Waals surface area contributed by atoms with Crippen molar-refractivity contribution in [2.45, 2.75) is 32.7 Å². The van der Waals surface area contributed by atoms with E-state index in [0.29, 0.717) is 43.8 Å². The molecule has 2 aromatic rings. The van der Waals surface area contributed by atoms with E-state index in [2.05, 4.69) is 43.6 Å². The van der Waals surface area contributed by atoms with Gasteiger partial charge in [-0.05, 0) is 63.2 Å². The summed E-state index contributed by atoms with van der Waals surface area (Å²) in [6.45, 7) is 11.8. The van der Waals surface area contributed by atoms with Gasteiger partial charge in [0.15, 0.2) is 0 Å². The summed E-state index contributed by atoms with van der Waals surface area (Å²) in [5, 5.41) is 8.78. The Morgan fingerprint density at radius 3 is 2.59 bits per heavy atom. The molecule has 4 rings (SSSR count). The first kappa shape index (κ1) is 28.5. The second-order valence-corrected chi connectivity index (χ2v) is 9.83. The zero-order valence-corrected chi connectivity index (χ0v) is 23.2. The zero-order valence-electron chi connectivity index (χ0n) is 23.2. The van der Waals surface area contributed by atoms with Gasteiger partial charge in [-0.25, -0.2) is 9.59 Å². The van der Waals surface area contributed by atoms with Crippen molar-refractivity contribution in [2.24, 2.45) is 0 Å². The van der Waals surface area contributed by atoms with E-state index in [1.807, 2.05) is 43.3 Å². The molecule has 10 nitrogen and oxygen atoms in total. The van der Waals surface area contributed by atoms with Crippen molar-refractivity contribution < 1.29 is 19.1 Å². The van der Waals surface area contributed by atoms with Crippen LogP contribution in [0.4, 0.5) is 26.7 Å². The second kappa shape index (κ2) is 14.6. The first-order valence-electron chi connectivity index (χ1n) is 14.1. The Hall–Kier alpha value is -3.50. The van der Waals surface area contributed by atoms with Gasteiger partial charge in [0.1, 0.15) is 12.4 Å². The number of carbonyl (C=O) groups excluding carboxylic acids is 2. The number of likely N-dealkylation sites (N-methyl/N-ethyl adjacent to an activating group) is 1. The van der Waals surface area contributed by atoms with E-state index in [0.717, 1.165) is 57.1 Å². The van der Waals surface area contributed by atoms with Crippen LogP contribution in [0.15, 0.2) is 48.5 Å². The molecule has 0 aliphatic carbocycles. The topological polar surface area (TPSA) is 98.4 Å². The predicted molar refractivity (Wildman–Crippen MR) is 155 cm³/mol. The molecular formula is C29H42N6O4. The molecule has 0 spiro atoms. The molecule has 10 heteroatoms. The molecule has 0 saturated carbocycles. The number of hydrogen-bond acceptors (Lipinski definition) is 7. The lowest BCUT2D eigenvalue weighted by molar-refractivity contribution is 0.137. The van der Waals surface area contributed by atoms with Gasteiger partial charge >= 0.3 is 12.1 Å². The Balaban J connectivity index is 1.16. The van der Waals surface area contributed by atoms with E-state index in [1.54, 1.807) is 6.07 Å². The quantitative estimate of drug-likeness (QED) is 0.397. The summed E-state index contributed by atoms with van der Waals surface area (Å²) in [7, 11) is 0. The van der Waals surface area contributed by atoms with E-state index in [4.69, 9.17) is 9.47 Å². The number of amides is 3. The lowest BCUT2D eigenvalue weighted by Gasteiger charge is -2.36. The molecule has 39 heavy (non-hydrogen) atoms. The van der Waals surface area contributed by atoms with E-state index < -0.39 is 6.09 Å². The van der Waals surface area contributed by atoms with Crippen molar-refractivity contribution >= 4 is 29.2 Å². The van der Waals surface area contributed by atoms with Crippen molar-refractivity contribution in [3.8, 4) is 5.75 Å². The molecule has 3 N–H and O–H groups in total.